The molecule has 0 aliphatic carbocycles. The lowest BCUT2D eigenvalue weighted by atomic mass is 10.0. The van der Waals surface area contributed by atoms with Crippen LogP contribution in [-0.2, 0) is 0 Å². The molecule has 0 heterocycles. The standard InChI is InChI=1S/C8H18N2O3/c1-5(2)7(11)6(9)4-10(3)8(12)13/h5-7,11H,4,9H2,1-3H3,(H,12,13)/t6-,7+/m1/s1. The first-order valence-electron chi connectivity index (χ1n) is 4.24. The fourth-order valence-electron chi connectivity index (χ4n) is 0.997. The minimum atomic E-state index is -1.04. The van der Waals surface area contributed by atoms with E-state index in [4.69, 9.17) is 10.8 Å². The van der Waals surface area contributed by atoms with E-state index in [9.17, 15) is 9.90 Å². The van der Waals surface area contributed by atoms with Crippen LogP contribution in [0.25, 0.3) is 0 Å². The molecule has 0 saturated carbocycles. The first-order valence-corrected chi connectivity index (χ1v) is 4.24. The van der Waals surface area contributed by atoms with E-state index in [1.165, 1.54) is 7.05 Å². The second-order valence-electron chi connectivity index (χ2n) is 3.56. The molecule has 0 rings (SSSR count). The molecule has 0 aromatic heterocycles. The summed E-state index contributed by atoms with van der Waals surface area (Å²) in [5, 5.41) is 18.0. The van der Waals surface area contributed by atoms with Crippen molar-refractivity contribution in [3.8, 4) is 0 Å². The minimum absolute atomic E-state index is 0.0391. The lowest BCUT2D eigenvalue weighted by Gasteiger charge is -2.25. The van der Waals surface area contributed by atoms with Crippen molar-refractivity contribution in [2.75, 3.05) is 13.6 Å². The van der Waals surface area contributed by atoms with Gasteiger partial charge in [0.25, 0.3) is 0 Å². The van der Waals surface area contributed by atoms with E-state index in [1.54, 1.807) is 0 Å². The van der Waals surface area contributed by atoms with E-state index in [1.807, 2.05) is 13.8 Å². The van der Waals surface area contributed by atoms with Crippen LogP contribution in [0.1, 0.15) is 13.8 Å². The molecule has 5 nitrogen and oxygen atoms in total. The number of carbonyl (C=O) groups is 1. The molecule has 78 valence electrons. The van der Waals surface area contributed by atoms with Crippen LogP contribution in [0.15, 0.2) is 0 Å². The SMILES string of the molecule is CC(C)[C@H](O)[C@H](N)CN(C)C(=O)O. The summed E-state index contributed by atoms with van der Waals surface area (Å²) in [6, 6.07) is -0.527. The largest absolute Gasteiger partial charge is 0.465 e. The summed E-state index contributed by atoms with van der Waals surface area (Å²) in [6.45, 7) is 3.82. The van der Waals surface area contributed by atoms with Crippen molar-refractivity contribution in [2.45, 2.75) is 26.0 Å². The molecule has 2 atom stereocenters. The number of aliphatic hydroxyl groups is 1. The van der Waals surface area contributed by atoms with E-state index >= 15 is 0 Å². The van der Waals surface area contributed by atoms with Gasteiger partial charge in [0.05, 0.1) is 6.10 Å². The highest BCUT2D eigenvalue weighted by Gasteiger charge is 2.21. The summed E-state index contributed by atoms with van der Waals surface area (Å²) in [5.41, 5.74) is 5.60. The molecular weight excluding hydrogens is 172 g/mol. The molecule has 0 saturated heterocycles. The minimum Gasteiger partial charge on any atom is -0.465 e. The smallest absolute Gasteiger partial charge is 0.407 e. The van der Waals surface area contributed by atoms with Gasteiger partial charge in [0.2, 0.25) is 0 Å². The van der Waals surface area contributed by atoms with E-state index in [0.29, 0.717) is 0 Å². The van der Waals surface area contributed by atoms with Crippen molar-refractivity contribution in [3.05, 3.63) is 0 Å². The molecule has 5 heteroatoms. The van der Waals surface area contributed by atoms with Gasteiger partial charge in [-0.3, -0.25) is 0 Å². The predicted molar refractivity (Wildman–Crippen MR) is 49.5 cm³/mol. The van der Waals surface area contributed by atoms with Gasteiger partial charge >= 0.3 is 6.09 Å². The van der Waals surface area contributed by atoms with Gasteiger partial charge in [0.15, 0.2) is 0 Å². The first-order chi connectivity index (χ1) is 5.86. The van der Waals surface area contributed by atoms with Crippen molar-refractivity contribution in [2.24, 2.45) is 11.7 Å². The van der Waals surface area contributed by atoms with Gasteiger partial charge in [-0.2, -0.15) is 0 Å². The van der Waals surface area contributed by atoms with Crippen LogP contribution in [-0.4, -0.2) is 46.9 Å². The lowest BCUT2D eigenvalue weighted by molar-refractivity contribution is 0.0816. The van der Waals surface area contributed by atoms with Gasteiger partial charge in [-0.25, -0.2) is 4.79 Å². The number of hydrogen-bond donors (Lipinski definition) is 3. The van der Waals surface area contributed by atoms with E-state index in [0.717, 1.165) is 4.90 Å². The Morgan fingerprint density at radius 2 is 2.00 bits per heavy atom. The normalized spacial score (nSPS) is 15.5. The molecule has 0 aromatic rings. The molecule has 0 aromatic carbocycles. The number of likely N-dealkylation sites (N-methyl/N-ethyl adjacent to an activating group) is 1. The molecule has 1 amide bonds. The summed E-state index contributed by atoms with van der Waals surface area (Å²) in [6.07, 6.45) is -1.70. The molecule has 0 bridgehead atoms. The average Bonchev–Trinajstić information content (AvgIpc) is 2.02. The fourth-order valence-corrected chi connectivity index (χ4v) is 0.997. The number of nitrogens with zero attached hydrogens (tertiary/aromatic N) is 1. The van der Waals surface area contributed by atoms with Crippen molar-refractivity contribution in [1.29, 1.82) is 0 Å². The van der Waals surface area contributed by atoms with Crippen LogP contribution in [0, 0.1) is 5.92 Å². The Kier molecular flexibility index (Phi) is 4.72. The zero-order chi connectivity index (χ0) is 10.6. The quantitative estimate of drug-likeness (QED) is 0.579. The van der Waals surface area contributed by atoms with Crippen LogP contribution in [0.2, 0.25) is 0 Å². The Hall–Kier alpha value is -0.810. The highest BCUT2D eigenvalue weighted by molar-refractivity contribution is 5.64. The Bertz CT molecular complexity index is 173. The highest BCUT2D eigenvalue weighted by Crippen LogP contribution is 2.05. The number of aliphatic hydroxyl groups excluding tert-OH is 1. The van der Waals surface area contributed by atoms with Gasteiger partial charge in [-0.1, -0.05) is 13.8 Å². The monoisotopic (exact) mass is 190 g/mol. The van der Waals surface area contributed by atoms with Crippen LogP contribution < -0.4 is 5.73 Å². The van der Waals surface area contributed by atoms with Crippen LogP contribution in [0.5, 0.6) is 0 Å². The molecule has 0 radical (unpaired) electrons. The summed E-state index contributed by atoms with van der Waals surface area (Å²) in [5.74, 6) is 0.0391. The van der Waals surface area contributed by atoms with Gasteiger partial charge in [0.1, 0.15) is 0 Å². The van der Waals surface area contributed by atoms with Crippen LogP contribution in [0.4, 0.5) is 4.79 Å². The molecule has 13 heavy (non-hydrogen) atoms. The van der Waals surface area contributed by atoms with Gasteiger partial charge < -0.3 is 20.8 Å². The van der Waals surface area contributed by atoms with Crippen molar-refractivity contribution >= 4 is 6.09 Å². The number of nitrogens with two attached hydrogens (primary N) is 1. The summed E-state index contributed by atoms with van der Waals surface area (Å²) in [7, 11) is 1.43. The molecule has 0 aliphatic heterocycles. The zero-order valence-electron chi connectivity index (χ0n) is 8.27. The lowest BCUT2D eigenvalue weighted by Crippen LogP contribution is -2.47. The third kappa shape index (κ3) is 4.10. The Morgan fingerprint density at radius 3 is 2.31 bits per heavy atom. The number of rotatable bonds is 4. The topological polar surface area (TPSA) is 86.8 Å². The molecule has 0 fully saturated rings. The Balaban J connectivity index is 3.99. The Labute approximate surface area is 78.1 Å². The molecule has 0 aliphatic rings. The summed E-state index contributed by atoms with van der Waals surface area (Å²) in [4.78, 5) is 11.5. The van der Waals surface area contributed by atoms with Crippen LogP contribution in [0.3, 0.4) is 0 Å². The average molecular weight is 190 g/mol. The predicted octanol–water partition coefficient (Wildman–Crippen LogP) is -0.0596. The molecule has 0 unspecified atom stereocenters. The first kappa shape index (κ1) is 12.2. The van der Waals surface area contributed by atoms with Crippen molar-refractivity contribution in [3.63, 3.8) is 0 Å². The van der Waals surface area contributed by atoms with E-state index < -0.39 is 18.2 Å². The number of amides is 1. The second-order valence-corrected chi connectivity index (χ2v) is 3.56. The van der Waals surface area contributed by atoms with Gasteiger partial charge in [-0.15, -0.1) is 0 Å². The van der Waals surface area contributed by atoms with Gasteiger partial charge in [-0.05, 0) is 5.92 Å². The van der Waals surface area contributed by atoms with Crippen LogP contribution >= 0.6 is 0 Å². The zero-order valence-corrected chi connectivity index (χ0v) is 8.27. The molecule has 4 N–H and O–H groups in total. The third-order valence-electron chi connectivity index (χ3n) is 1.93. The number of carboxylic acid groups (broad SMARTS) is 1. The Morgan fingerprint density at radius 1 is 1.54 bits per heavy atom. The summed E-state index contributed by atoms with van der Waals surface area (Å²) >= 11 is 0. The fraction of sp³-hybridized carbons (Fsp3) is 0.875. The maximum atomic E-state index is 10.4. The highest BCUT2D eigenvalue weighted by atomic mass is 16.4. The van der Waals surface area contributed by atoms with Crippen molar-refractivity contribution < 1.29 is 15.0 Å². The maximum Gasteiger partial charge on any atom is 0.407 e. The number of hydrogen-bond acceptors (Lipinski definition) is 3. The van der Waals surface area contributed by atoms with Gasteiger partial charge in [0, 0.05) is 19.6 Å². The van der Waals surface area contributed by atoms with Crippen molar-refractivity contribution in [1.82, 2.24) is 4.90 Å². The maximum absolute atomic E-state index is 10.4. The van der Waals surface area contributed by atoms with E-state index in [2.05, 4.69) is 0 Å². The van der Waals surface area contributed by atoms with E-state index in [-0.39, 0.29) is 12.5 Å². The molecule has 0 spiro atoms. The summed E-state index contributed by atoms with van der Waals surface area (Å²) < 4.78 is 0. The molecular formula is C8H18N2O3. The third-order valence-corrected chi connectivity index (χ3v) is 1.93. The second kappa shape index (κ2) is 5.04.